The highest BCUT2D eigenvalue weighted by molar-refractivity contribution is 7.80. The van der Waals surface area contributed by atoms with Crippen LogP contribution in [0.1, 0.15) is 44.9 Å². The molecule has 1 saturated carbocycles. The van der Waals surface area contributed by atoms with Crippen LogP contribution in [0.4, 0.5) is 13.2 Å². The Bertz CT molecular complexity index is 414. The maximum absolute atomic E-state index is 12.9. The van der Waals surface area contributed by atoms with Gasteiger partial charge in [0.2, 0.25) is 5.91 Å². The molecule has 2 fully saturated rings. The van der Waals surface area contributed by atoms with Crippen molar-refractivity contribution >= 4 is 23.1 Å². The second-order valence-corrected chi connectivity index (χ2v) is 6.52. The van der Waals surface area contributed by atoms with Crippen molar-refractivity contribution in [2.24, 2.45) is 17.6 Å². The summed E-state index contributed by atoms with van der Waals surface area (Å²) in [6, 6.07) is -0.285. The van der Waals surface area contributed by atoms with Crippen molar-refractivity contribution in [2.45, 2.75) is 57.2 Å². The van der Waals surface area contributed by atoms with E-state index in [1.807, 2.05) is 0 Å². The monoisotopic (exact) mass is 322 g/mol. The minimum absolute atomic E-state index is 0.0944. The number of hydrogen-bond donors (Lipinski definition) is 1. The normalized spacial score (nSPS) is 31.0. The molecule has 0 spiro atoms. The Hall–Kier alpha value is -0.850. The lowest BCUT2D eigenvalue weighted by Gasteiger charge is -2.39. The maximum atomic E-state index is 12.9. The van der Waals surface area contributed by atoms with E-state index in [4.69, 9.17) is 18.0 Å². The number of nitrogens with zero attached hydrogens (tertiary/aromatic N) is 1. The number of carbonyl (C=O) groups is 1. The van der Waals surface area contributed by atoms with Gasteiger partial charge in [-0.15, -0.1) is 0 Å². The number of amides is 1. The quantitative estimate of drug-likeness (QED) is 0.795. The Balaban J connectivity index is 2.06. The SMILES string of the molecule is NC(=S)C1CCCCN1C(=O)C1CCCC(C(F)(F)F)C1. The van der Waals surface area contributed by atoms with Gasteiger partial charge in [0.05, 0.1) is 16.9 Å². The van der Waals surface area contributed by atoms with E-state index in [0.717, 1.165) is 19.3 Å². The zero-order valence-corrected chi connectivity index (χ0v) is 12.7. The van der Waals surface area contributed by atoms with Gasteiger partial charge in [0, 0.05) is 12.5 Å². The first kappa shape index (κ1) is 16.5. The van der Waals surface area contributed by atoms with Gasteiger partial charge in [0.15, 0.2) is 0 Å². The zero-order valence-electron chi connectivity index (χ0n) is 11.9. The molecule has 0 aromatic carbocycles. The highest BCUT2D eigenvalue weighted by atomic mass is 32.1. The number of thiocarbonyl (C=S) groups is 1. The fourth-order valence-electron chi connectivity index (χ4n) is 3.44. The molecule has 3 nitrogen and oxygen atoms in total. The van der Waals surface area contributed by atoms with E-state index >= 15 is 0 Å². The van der Waals surface area contributed by atoms with Crippen molar-refractivity contribution in [1.29, 1.82) is 0 Å². The smallest absolute Gasteiger partial charge is 0.391 e. The van der Waals surface area contributed by atoms with Crippen LogP contribution in [0.5, 0.6) is 0 Å². The molecular weight excluding hydrogens is 301 g/mol. The number of hydrogen-bond acceptors (Lipinski definition) is 2. The van der Waals surface area contributed by atoms with Crippen LogP contribution in [-0.2, 0) is 4.79 Å². The van der Waals surface area contributed by atoms with Gasteiger partial charge in [-0.3, -0.25) is 4.79 Å². The predicted octanol–water partition coefficient (Wildman–Crippen LogP) is 3.02. The van der Waals surface area contributed by atoms with E-state index in [1.54, 1.807) is 4.90 Å². The van der Waals surface area contributed by atoms with Crippen molar-refractivity contribution in [1.82, 2.24) is 4.90 Å². The molecule has 7 heteroatoms. The lowest BCUT2D eigenvalue weighted by molar-refractivity contribution is -0.187. The number of nitrogens with two attached hydrogens (primary N) is 1. The molecule has 120 valence electrons. The van der Waals surface area contributed by atoms with Crippen molar-refractivity contribution in [2.75, 3.05) is 6.54 Å². The van der Waals surface area contributed by atoms with Gasteiger partial charge in [0.1, 0.15) is 0 Å². The van der Waals surface area contributed by atoms with Gasteiger partial charge in [-0.05, 0) is 38.5 Å². The van der Waals surface area contributed by atoms with Gasteiger partial charge >= 0.3 is 6.18 Å². The van der Waals surface area contributed by atoms with Crippen LogP contribution in [0.3, 0.4) is 0 Å². The van der Waals surface area contributed by atoms with Crippen molar-refractivity contribution in [3.63, 3.8) is 0 Å². The highest BCUT2D eigenvalue weighted by Gasteiger charge is 2.45. The molecule has 1 aliphatic carbocycles. The lowest BCUT2D eigenvalue weighted by atomic mass is 9.80. The molecule has 1 aliphatic heterocycles. The molecule has 0 aromatic heterocycles. The number of rotatable bonds is 2. The molecule has 3 atom stereocenters. The molecule has 2 N–H and O–H groups in total. The summed E-state index contributed by atoms with van der Waals surface area (Å²) in [6.45, 7) is 0.550. The second-order valence-electron chi connectivity index (χ2n) is 6.05. The summed E-state index contributed by atoms with van der Waals surface area (Å²) in [7, 11) is 0. The van der Waals surface area contributed by atoms with Gasteiger partial charge < -0.3 is 10.6 Å². The van der Waals surface area contributed by atoms with Crippen molar-refractivity contribution in [3.8, 4) is 0 Å². The molecule has 0 bridgehead atoms. The molecule has 21 heavy (non-hydrogen) atoms. The van der Waals surface area contributed by atoms with E-state index in [0.29, 0.717) is 19.4 Å². The van der Waals surface area contributed by atoms with Crippen molar-refractivity contribution < 1.29 is 18.0 Å². The third kappa shape index (κ3) is 3.87. The Morgan fingerprint density at radius 3 is 2.48 bits per heavy atom. The average molecular weight is 322 g/mol. The molecule has 0 aromatic rings. The fourth-order valence-corrected chi connectivity index (χ4v) is 3.68. The fraction of sp³-hybridized carbons (Fsp3) is 0.857. The first-order valence-electron chi connectivity index (χ1n) is 7.47. The first-order valence-corrected chi connectivity index (χ1v) is 7.88. The van der Waals surface area contributed by atoms with Gasteiger partial charge in [-0.25, -0.2) is 0 Å². The predicted molar refractivity (Wildman–Crippen MR) is 77.6 cm³/mol. The number of carbonyl (C=O) groups excluding carboxylic acids is 1. The number of halogens is 3. The second kappa shape index (κ2) is 6.50. The molecule has 3 unspecified atom stereocenters. The van der Waals surface area contributed by atoms with Crippen LogP contribution in [-0.4, -0.2) is 34.6 Å². The summed E-state index contributed by atoms with van der Waals surface area (Å²) < 4.78 is 38.6. The van der Waals surface area contributed by atoms with E-state index in [2.05, 4.69) is 0 Å². The van der Waals surface area contributed by atoms with Crippen molar-refractivity contribution in [3.05, 3.63) is 0 Å². The third-order valence-corrected chi connectivity index (χ3v) is 4.87. The average Bonchev–Trinajstić information content (AvgIpc) is 2.45. The molecule has 1 amide bonds. The number of alkyl halides is 3. The van der Waals surface area contributed by atoms with Gasteiger partial charge in [-0.1, -0.05) is 18.6 Å². The topological polar surface area (TPSA) is 46.3 Å². The zero-order chi connectivity index (χ0) is 15.6. The lowest BCUT2D eigenvalue weighted by Crippen LogP contribution is -2.52. The summed E-state index contributed by atoms with van der Waals surface area (Å²) in [4.78, 5) is 14.5. The first-order chi connectivity index (χ1) is 9.80. The van der Waals surface area contributed by atoms with Gasteiger partial charge in [-0.2, -0.15) is 13.2 Å². The summed E-state index contributed by atoms with van der Waals surface area (Å²) >= 11 is 5.00. The van der Waals surface area contributed by atoms with E-state index < -0.39 is 18.0 Å². The largest absolute Gasteiger partial charge is 0.392 e. The Kier molecular flexibility index (Phi) is 5.11. The molecular formula is C14H21F3N2OS. The van der Waals surface area contributed by atoms with E-state index in [-0.39, 0.29) is 29.8 Å². The molecule has 1 saturated heterocycles. The molecule has 1 heterocycles. The van der Waals surface area contributed by atoms with Crippen LogP contribution in [0, 0.1) is 11.8 Å². The van der Waals surface area contributed by atoms with Crippen LogP contribution in [0.15, 0.2) is 0 Å². The number of piperidine rings is 1. The maximum Gasteiger partial charge on any atom is 0.391 e. The standard InChI is InChI=1S/C14H21F3N2OS/c15-14(16,17)10-5-3-4-9(8-10)13(20)19-7-2-1-6-11(19)12(18)21/h9-11H,1-8H2,(H2,18,21). The minimum Gasteiger partial charge on any atom is -0.392 e. The van der Waals surface area contributed by atoms with E-state index in [1.165, 1.54) is 0 Å². The van der Waals surface area contributed by atoms with Gasteiger partial charge in [0.25, 0.3) is 0 Å². The summed E-state index contributed by atoms with van der Waals surface area (Å²) in [5, 5.41) is 0. The summed E-state index contributed by atoms with van der Waals surface area (Å²) in [5.74, 6) is -2.09. The molecule has 0 radical (unpaired) electrons. The van der Waals surface area contributed by atoms with Crippen LogP contribution >= 0.6 is 12.2 Å². The Labute approximate surface area is 128 Å². The number of likely N-dealkylation sites (tertiary alicyclic amines) is 1. The van der Waals surface area contributed by atoms with Crippen LogP contribution in [0.25, 0.3) is 0 Å². The Morgan fingerprint density at radius 2 is 1.86 bits per heavy atom. The van der Waals surface area contributed by atoms with E-state index in [9.17, 15) is 18.0 Å². The minimum atomic E-state index is -4.20. The molecule has 2 rings (SSSR count). The summed E-state index contributed by atoms with van der Waals surface area (Å²) in [6.07, 6.45) is -0.658. The summed E-state index contributed by atoms with van der Waals surface area (Å²) in [5.41, 5.74) is 5.68. The highest BCUT2D eigenvalue weighted by Crippen LogP contribution is 2.40. The Morgan fingerprint density at radius 1 is 1.14 bits per heavy atom. The molecule has 2 aliphatic rings. The van der Waals surface area contributed by atoms with Crippen LogP contribution in [0.2, 0.25) is 0 Å². The van der Waals surface area contributed by atoms with Crippen LogP contribution < -0.4 is 5.73 Å². The third-order valence-electron chi connectivity index (χ3n) is 4.60.